The Balaban J connectivity index is 2.10. The molecule has 0 aliphatic carbocycles. The highest BCUT2D eigenvalue weighted by molar-refractivity contribution is 5.39. The second-order valence-electron chi connectivity index (χ2n) is 5.12. The molecule has 106 valence electrons. The Morgan fingerprint density at radius 2 is 1.55 bits per heavy atom. The minimum Gasteiger partial charge on any atom is -0.496 e. The molecule has 0 saturated carbocycles. The van der Waals surface area contributed by atoms with Crippen molar-refractivity contribution < 1.29 is 9.47 Å². The second kappa shape index (κ2) is 6.47. The van der Waals surface area contributed by atoms with Gasteiger partial charge in [0.1, 0.15) is 11.5 Å². The third kappa shape index (κ3) is 3.32. The van der Waals surface area contributed by atoms with Crippen molar-refractivity contribution in [3.63, 3.8) is 0 Å². The zero-order chi connectivity index (χ0) is 14.5. The number of ether oxygens (including phenoxy) is 2. The number of benzene rings is 2. The lowest BCUT2D eigenvalue weighted by atomic mass is 10.0. The highest BCUT2D eigenvalue weighted by Crippen LogP contribution is 2.23. The SMILES string of the molecule is COc1ccc(CCc2ccc(C)cc2OC)cc1C. The Hall–Kier alpha value is -1.96. The summed E-state index contributed by atoms with van der Waals surface area (Å²) >= 11 is 0. The lowest BCUT2D eigenvalue weighted by Gasteiger charge is -2.11. The predicted molar refractivity (Wildman–Crippen MR) is 82.9 cm³/mol. The van der Waals surface area contributed by atoms with Crippen LogP contribution in [0.3, 0.4) is 0 Å². The van der Waals surface area contributed by atoms with Gasteiger partial charge in [-0.3, -0.25) is 0 Å². The molecule has 0 fully saturated rings. The van der Waals surface area contributed by atoms with Gasteiger partial charge >= 0.3 is 0 Å². The van der Waals surface area contributed by atoms with Crippen LogP contribution in [0.5, 0.6) is 11.5 Å². The van der Waals surface area contributed by atoms with Crippen LogP contribution < -0.4 is 9.47 Å². The Kier molecular flexibility index (Phi) is 4.67. The molecule has 0 unspecified atom stereocenters. The fourth-order valence-electron chi connectivity index (χ4n) is 2.43. The maximum absolute atomic E-state index is 5.45. The van der Waals surface area contributed by atoms with E-state index in [4.69, 9.17) is 9.47 Å². The summed E-state index contributed by atoms with van der Waals surface area (Å²) < 4.78 is 10.7. The lowest BCUT2D eigenvalue weighted by molar-refractivity contribution is 0.409. The van der Waals surface area contributed by atoms with Gasteiger partial charge in [-0.2, -0.15) is 0 Å². The van der Waals surface area contributed by atoms with Gasteiger partial charge < -0.3 is 9.47 Å². The van der Waals surface area contributed by atoms with Crippen molar-refractivity contribution in [2.75, 3.05) is 14.2 Å². The Labute approximate surface area is 121 Å². The zero-order valence-corrected chi connectivity index (χ0v) is 12.7. The van der Waals surface area contributed by atoms with Crippen molar-refractivity contribution >= 4 is 0 Å². The molecule has 2 nitrogen and oxygen atoms in total. The van der Waals surface area contributed by atoms with Crippen LogP contribution in [-0.2, 0) is 12.8 Å². The molecular weight excluding hydrogens is 248 g/mol. The van der Waals surface area contributed by atoms with Crippen LogP contribution in [0, 0.1) is 13.8 Å². The summed E-state index contributed by atoms with van der Waals surface area (Å²) in [4.78, 5) is 0. The van der Waals surface area contributed by atoms with Crippen LogP contribution in [-0.4, -0.2) is 14.2 Å². The van der Waals surface area contributed by atoms with Gasteiger partial charge in [-0.1, -0.05) is 24.3 Å². The molecule has 0 spiro atoms. The molecule has 2 aromatic carbocycles. The van der Waals surface area contributed by atoms with Gasteiger partial charge in [0.05, 0.1) is 14.2 Å². The smallest absolute Gasteiger partial charge is 0.122 e. The molecule has 0 aliphatic heterocycles. The third-order valence-electron chi connectivity index (χ3n) is 3.58. The lowest BCUT2D eigenvalue weighted by Crippen LogP contribution is -1.97. The number of rotatable bonds is 5. The summed E-state index contributed by atoms with van der Waals surface area (Å²) in [6.45, 7) is 4.16. The highest BCUT2D eigenvalue weighted by Gasteiger charge is 2.05. The van der Waals surface area contributed by atoms with Gasteiger partial charge in [0, 0.05) is 0 Å². The van der Waals surface area contributed by atoms with E-state index in [1.165, 1.54) is 22.3 Å². The van der Waals surface area contributed by atoms with Gasteiger partial charge in [0.15, 0.2) is 0 Å². The van der Waals surface area contributed by atoms with E-state index in [1.807, 2.05) is 6.07 Å². The fraction of sp³-hybridized carbons (Fsp3) is 0.333. The van der Waals surface area contributed by atoms with Crippen molar-refractivity contribution in [3.05, 3.63) is 58.7 Å². The van der Waals surface area contributed by atoms with E-state index in [2.05, 4.69) is 44.2 Å². The number of aryl methyl sites for hydroxylation is 4. The van der Waals surface area contributed by atoms with Crippen LogP contribution in [0.4, 0.5) is 0 Å². The maximum atomic E-state index is 5.45. The normalized spacial score (nSPS) is 10.4. The van der Waals surface area contributed by atoms with Crippen LogP contribution >= 0.6 is 0 Å². The molecule has 2 aromatic rings. The van der Waals surface area contributed by atoms with Gasteiger partial charge in [-0.05, 0) is 61.1 Å². The molecule has 0 bridgehead atoms. The molecule has 0 N–H and O–H groups in total. The standard InChI is InChI=1S/C18H22O2/c1-13-5-8-16(18(11-13)20-4)9-6-15-7-10-17(19-3)14(2)12-15/h5,7-8,10-12H,6,9H2,1-4H3. The first-order valence-corrected chi connectivity index (χ1v) is 6.91. The van der Waals surface area contributed by atoms with Gasteiger partial charge in [0.25, 0.3) is 0 Å². The molecule has 0 atom stereocenters. The molecule has 0 amide bonds. The Morgan fingerprint density at radius 3 is 2.20 bits per heavy atom. The van der Waals surface area contributed by atoms with E-state index in [0.29, 0.717) is 0 Å². The maximum Gasteiger partial charge on any atom is 0.122 e. The van der Waals surface area contributed by atoms with E-state index < -0.39 is 0 Å². The molecule has 2 rings (SSSR count). The molecule has 0 aromatic heterocycles. The minimum atomic E-state index is 0.946. The van der Waals surface area contributed by atoms with Crippen LogP contribution in [0.15, 0.2) is 36.4 Å². The minimum absolute atomic E-state index is 0.946. The predicted octanol–water partition coefficient (Wildman–Crippen LogP) is 4.11. The molecular formula is C18H22O2. The van der Waals surface area contributed by atoms with Crippen molar-refractivity contribution in [3.8, 4) is 11.5 Å². The molecule has 0 heterocycles. The zero-order valence-electron chi connectivity index (χ0n) is 12.7. The third-order valence-corrected chi connectivity index (χ3v) is 3.58. The molecule has 0 saturated heterocycles. The summed E-state index contributed by atoms with van der Waals surface area (Å²) in [7, 11) is 3.44. The average Bonchev–Trinajstić information content (AvgIpc) is 2.46. The molecule has 2 heteroatoms. The summed E-state index contributed by atoms with van der Waals surface area (Å²) in [6, 6.07) is 12.7. The van der Waals surface area contributed by atoms with Crippen molar-refractivity contribution in [1.82, 2.24) is 0 Å². The quantitative estimate of drug-likeness (QED) is 0.814. The van der Waals surface area contributed by atoms with Gasteiger partial charge in [-0.15, -0.1) is 0 Å². The van der Waals surface area contributed by atoms with Crippen molar-refractivity contribution in [1.29, 1.82) is 0 Å². The first kappa shape index (κ1) is 14.4. The van der Waals surface area contributed by atoms with E-state index in [0.717, 1.165) is 24.3 Å². The summed E-state index contributed by atoms with van der Waals surface area (Å²) in [5.74, 6) is 1.93. The summed E-state index contributed by atoms with van der Waals surface area (Å²) in [5.41, 5.74) is 4.99. The van der Waals surface area contributed by atoms with Crippen LogP contribution in [0.25, 0.3) is 0 Å². The van der Waals surface area contributed by atoms with Crippen LogP contribution in [0.1, 0.15) is 22.3 Å². The molecule has 0 aliphatic rings. The number of hydrogen-bond donors (Lipinski definition) is 0. The first-order chi connectivity index (χ1) is 9.63. The number of hydrogen-bond acceptors (Lipinski definition) is 2. The largest absolute Gasteiger partial charge is 0.496 e. The number of methoxy groups -OCH3 is 2. The van der Waals surface area contributed by atoms with Crippen LogP contribution in [0.2, 0.25) is 0 Å². The monoisotopic (exact) mass is 270 g/mol. The Bertz CT molecular complexity index is 588. The summed E-state index contributed by atoms with van der Waals surface area (Å²) in [6.07, 6.45) is 1.99. The van der Waals surface area contributed by atoms with E-state index in [-0.39, 0.29) is 0 Å². The highest BCUT2D eigenvalue weighted by atomic mass is 16.5. The van der Waals surface area contributed by atoms with Gasteiger partial charge in [-0.25, -0.2) is 0 Å². The molecule has 20 heavy (non-hydrogen) atoms. The van der Waals surface area contributed by atoms with E-state index in [1.54, 1.807) is 14.2 Å². The van der Waals surface area contributed by atoms with Crippen molar-refractivity contribution in [2.45, 2.75) is 26.7 Å². The summed E-state index contributed by atoms with van der Waals surface area (Å²) in [5, 5.41) is 0. The van der Waals surface area contributed by atoms with Gasteiger partial charge in [0.2, 0.25) is 0 Å². The fourth-order valence-corrected chi connectivity index (χ4v) is 2.43. The second-order valence-corrected chi connectivity index (χ2v) is 5.12. The van der Waals surface area contributed by atoms with E-state index in [9.17, 15) is 0 Å². The topological polar surface area (TPSA) is 18.5 Å². The average molecular weight is 270 g/mol. The molecule has 0 radical (unpaired) electrons. The van der Waals surface area contributed by atoms with E-state index >= 15 is 0 Å². The first-order valence-electron chi connectivity index (χ1n) is 6.91. The van der Waals surface area contributed by atoms with Crippen molar-refractivity contribution in [2.24, 2.45) is 0 Å². The Morgan fingerprint density at radius 1 is 0.800 bits per heavy atom.